The van der Waals surface area contributed by atoms with E-state index in [-0.39, 0.29) is 15.0 Å². The first-order valence-corrected chi connectivity index (χ1v) is 6.86. The van der Waals surface area contributed by atoms with Crippen LogP contribution in [0.2, 0.25) is 5.02 Å². The Hall–Kier alpha value is -0.700. The zero-order valence-electron chi connectivity index (χ0n) is 9.56. The second-order valence-corrected chi connectivity index (χ2v) is 6.46. The van der Waals surface area contributed by atoms with Gasteiger partial charge in [0.05, 0.1) is 21.7 Å². The number of thiocarbonyl (C=S) groups is 1. The van der Waals surface area contributed by atoms with Crippen molar-refractivity contribution in [1.29, 1.82) is 0 Å². The second kappa shape index (κ2) is 4.52. The first-order valence-electron chi connectivity index (χ1n) is 4.59. The molecule has 0 aromatic carbocycles. The molecule has 0 aliphatic heterocycles. The molecule has 1 aromatic heterocycles. The van der Waals surface area contributed by atoms with E-state index in [9.17, 15) is 8.42 Å². The van der Waals surface area contributed by atoms with Crippen LogP contribution in [0.1, 0.15) is 13.8 Å². The molecule has 1 rings (SSSR count). The van der Waals surface area contributed by atoms with Gasteiger partial charge in [-0.2, -0.15) is 9.82 Å². The molecule has 0 bridgehead atoms. The van der Waals surface area contributed by atoms with E-state index in [2.05, 4.69) is 9.82 Å². The molecule has 17 heavy (non-hydrogen) atoms. The fourth-order valence-corrected chi connectivity index (χ4v) is 3.31. The Balaban J connectivity index is 3.19. The molecule has 0 amide bonds. The van der Waals surface area contributed by atoms with E-state index in [0.717, 1.165) is 0 Å². The van der Waals surface area contributed by atoms with E-state index < -0.39 is 15.6 Å². The van der Waals surface area contributed by atoms with Gasteiger partial charge in [-0.05, 0) is 13.8 Å². The van der Waals surface area contributed by atoms with Crippen molar-refractivity contribution in [3.05, 3.63) is 11.2 Å². The molecule has 0 fully saturated rings. The average molecular weight is 297 g/mol. The number of aromatic nitrogens is 2. The van der Waals surface area contributed by atoms with Crippen LogP contribution in [0.3, 0.4) is 0 Å². The minimum Gasteiger partial charge on any atom is -0.392 e. The average Bonchev–Trinajstić information content (AvgIpc) is 2.44. The van der Waals surface area contributed by atoms with Crippen LogP contribution in [0.4, 0.5) is 0 Å². The highest BCUT2D eigenvalue weighted by Crippen LogP contribution is 2.21. The van der Waals surface area contributed by atoms with Gasteiger partial charge in [0.1, 0.15) is 0 Å². The molecule has 6 nitrogen and oxygen atoms in total. The Morgan fingerprint density at radius 3 is 2.53 bits per heavy atom. The summed E-state index contributed by atoms with van der Waals surface area (Å²) in [4.78, 5) is 0.0411. The summed E-state index contributed by atoms with van der Waals surface area (Å²) in [6.45, 7) is 3.13. The third-order valence-corrected chi connectivity index (χ3v) is 4.77. The molecular weight excluding hydrogens is 284 g/mol. The Kier molecular flexibility index (Phi) is 3.82. The molecule has 0 saturated carbocycles. The number of rotatable bonds is 4. The van der Waals surface area contributed by atoms with Crippen molar-refractivity contribution < 1.29 is 8.42 Å². The molecule has 0 radical (unpaired) electrons. The van der Waals surface area contributed by atoms with Crippen molar-refractivity contribution >= 4 is 38.8 Å². The van der Waals surface area contributed by atoms with E-state index in [4.69, 9.17) is 29.6 Å². The molecule has 0 unspecified atom stereocenters. The standard InChI is InChI=1S/C8H13ClN4O2S2/c1-8(2,7(10)16)12-17(14,15)6-5(9)4-11-13(6)3/h4,12H,1-3H3,(H2,10,16). The van der Waals surface area contributed by atoms with Gasteiger partial charge < -0.3 is 5.73 Å². The van der Waals surface area contributed by atoms with Crippen LogP contribution in [-0.4, -0.2) is 28.7 Å². The number of nitrogens with two attached hydrogens (primary N) is 1. The fraction of sp³-hybridized carbons (Fsp3) is 0.500. The predicted molar refractivity (Wildman–Crippen MR) is 69.4 cm³/mol. The zero-order valence-corrected chi connectivity index (χ0v) is 11.9. The van der Waals surface area contributed by atoms with Crippen LogP contribution in [0, 0.1) is 0 Å². The highest BCUT2D eigenvalue weighted by Gasteiger charge is 2.32. The van der Waals surface area contributed by atoms with Crippen LogP contribution in [0.5, 0.6) is 0 Å². The van der Waals surface area contributed by atoms with Crippen molar-refractivity contribution in [3.63, 3.8) is 0 Å². The van der Waals surface area contributed by atoms with Crippen LogP contribution in [0.25, 0.3) is 0 Å². The van der Waals surface area contributed by atoms with E-state index in [1.807, 2.05) is 0 Å². The van der Waals surface area contributed by atoms with Crippen LogP contribution in [0.15, 0.2) is 11.2 Å². The van der Waals surface area contributed by atoms with Crippen molar-refractivity contribution in [3.8, 4) is 0 Å². The number of halogens is 1. The molecular formula is C8H13ClN4O2S2. The van der Waals surface area contributed by atoms with Gasteiger partial charge >= 0.3 is 0 Å². The normalized spacial score (nSPS) is 12.7. The molecule has 0 spiro atoms. The minimum atomic E-state index is -3.83. The number of hydrogen-bond donors (Lipinski definition) is 2. The Labute approximate surface area is 110 Å². The second-order valence-electron chi connectivity index (χ2n) is 4.02. The van der Waals surface area contributed by atoms with Gasteiger partial charge in [0.2, 0.25) is 0 Å². The Bertz CT molecular complexity index is 530. The monoisotopic (exact) mass is 296 g/mol. The summed E-state index contributed by atoms with van der Waals surface area (Å²) in [5.74, 6) is 0. The fourth-order valence-electron chi connectivity index (χ4n) is 1.14. The van der Waals surface area contributed by atoms with Crippen molar-refractivity contribution in [2.75, 3.05) is 0 Å². The summed E-state index contributed by atoms with van der Waals surface area (Å²) in [6, 6.07) is 0. The van der Waals surface area contributed by atoms with E-state index in [1.54, 1.807) is 13.8 Å². The molecule has 0 atom stereocenters. The Morgan fingerprint density at radius 2 is 2.18 bits per heavy atom. The van der Waals surface area contributed by atoms with Gasteiger partial charge in [-0.15, -0.1) is 0 Å². The third kappa shape index (κ3) is 2.95. The number of aryl methyl sites for hydroxylation is 1. The lowest BCUT2D eigenvalue weighted by molar-refractivity contribution is 0.532. The number of sulfonamides is 1. The lowest BCUT2D eigenvalue weighted by Crippen LogP contribution is -2.52. The molecule has 3 N–H and O–H groups in total. The summed E-state index contributed by atoms with van der Waals surface area (Å²) in [5, 5.41) is 3.68. The van der Waals surface area contributed by atoms with E-state index in [0.29, 0.717) is 0 Å². The lowest BCUT2D eigenvalue weighted by atomic mass is 10.1. The van der Waals surface area contributed by atoms with Crippen molar-refractivity contribution in [2.24, 2.45) is 12.8 Å². The molecule has 1 heterocycles. The first kappa shape index (κ1) is 14.4. The van der Waals surface area contributed by atoms with Crippen LogP contribution < -0.4 is 10.5 Å². The summed E-state index contributed by atoms with van der Waals surface area (Å²) in [5.41, 5.74) is 4.42. The molecule has 0 aliphatic carbocycles. The topological polar surface area (TPSA) is 90.0 Å². The predicted octanol–water partition coefficient (Wildman–Crippen LogP) is 0.417. The van der Waals surface area contributed by atoms with Gasteiger partial charge in [-0.1, -0.05) is 23.8 Å². The number of nitrogens with zero attached hydrogens (tertiary/aromatic N) is 2. The van der Waals surface area contributed by atoms with Gasteiger partial charge in [0.15, 0.2) is 5.03 Å². The summed E-state index contributed by atoms with van der Waals surface area (Å²) in [6.07, 6.45) is 1.25. The van der Waals surface area contributed by atoms with Crippen LogP contribution >= 0.6 is 23.8 Å². The molecule has 0 aliphatic rings. The van der Waals surface area contributed by atoms with Gasteiger partial charge in [-0.3, -0.25) is 4.68 Å². The van der Waals surface area contributed by atoms with E-state index in [1.165, 1.54) is 17.9 Å². The highest BCUT2D eigenvalue weighted by atomic mass is 35.5. The minimum absolute atomic E-state index is 0.0405. The maximum atomic E-state index is 12.1. The van der Waals surface area contributed by atoms with Crippen molar-refractivity contribution in [2.45, 2.75) is 24.4 Å². The maximum absolute atomic E-state index is 12.1. The quantitative estimate of drug-likeness (QED) is 0.786. The number of nitrogens with one attached hydrogen (secondary N) is 1. The summed E-state index contributed by atoms with van der Waals surface area (Å²) in [7, 11) is -2.35. The maximum Gasteiger partial charge on any atom is 0.260 e. The smallest absolute Gasteiger partial charge is 0.260 e. The van der Waals surface area contributed by atoms with Gasteiger partial charge in [0.25, 0.3) is 10.0 Å². The molecule has 1 aromatic rings. The van der Waals surface area contributed by atoms with Gasteiger partial charge in [0, 0.05) is 7.05 Å². The van der Waals surface area contributed by atoms with Crippen LogP contribution in [-0.2, 0) is 17.1 Å². The highest BCUT2D eigenvalue weighted by molar-refractivity contribution is 7.89. The third-order valence-electron chi connectivity index (χ3n) is 2.10. The van der Waals surface area contributed by atoms with Gasteiger partial charge in [-0.25, -0.2) is 8.42 Å². The zero-order chi connectivity index (χ0) is 13.4. The molecule has 9 heteroatoms. The summed E-state index contributed by atoms with van der Waals surface area (Å²) < 4.78 is 27.7. The molecule has 96 valence electrons. The number of hydrogen-bond acceptors (Lipinski definition) is 4. The molecule has 0 saturated heterocycles. The Morgan fingerprint density at radius 1 is 1.65 bits per heavy atom. The summed E-state index contributed by atoms with van der Waals surface area (Å²) >= 11 is 10.6. The van der Waals surface area contributed by atoms with E-state index >= 15 is 0 Å². The largest absolute Gasteiger partial charge is 0.392 e. The first-order chi connectivity index (χ1) is 7.58. The SMILES string of the molecule is Cn1ncc(Cl)c1S(=O)(=O)NC(C)(C)C(N)=S. The van der Waals surface area contributed by atoms with Crippen molar-refractivity contribution in [1.82, 2.24) is 14.5 Å². The lowest BCUT2D eigenvalue weighted by Gasteiger charge is -2.24.